The van der Waals surface area contributed by atoms with Gasteiger partial charge in [0.1, 0.15) is 6.10 Å². The molecule has 3 N–H and O–H groups in total. The van der Waals surface area contributed by atoms with Crippen LogP contribution in [0.2, 0.25) is 0 Å². The van der Waals surface area contributed by atoms with Crippen LogP contribution in [0.3, 0.4) is 0 Å². The Balaban J connectivity index is 1.51. The summed E-state index contributed by atoms with van der Waals surface area (Å²) in [6, 6.07) is 9.32. The number of carbonyl (C=O) groups is 2. The van der Waals surface area contributed by atoms with Gasteiger partial charge in [0.25, 0.3) is 0 Å². The molecule has 146 valence electrons. The predicted octanol–water partition coefficient (Wildman–Crippen LogP) is 1.85. The Morgan fingerprint density at radius 3 is 2.59 bits per heavy atom. The molecule has 27 heavy (non-hydrogen) atoms. The van der Waals surface area contributed by atoms with E-state index in [1.54, 1.807) is 6.08 Å². The number of hydrogen-bond acceptors (Lipinski definition) is 4. The van der Waals surface area contributed by atoms with Crippen LogP contribution in [-0.4, -0.2) is 41.8 Å². The van der Waals surface area contributed by atoms with Gasteiger partial charge in [0, 0.05) is 5.92 Å². The fourth-order valence-corrected chi connectivity index (χ4v) is 3.40. The molecule has 0 saturated heterocycles. The number of aliphatic hydroxyl groups excluding tert-OH is 1. The van der Waals surface area contributed by atoms with Crippen molar-refractivity contribution in [2.24, 2.45) is 5.92 Å². The number of benzene rings is 1. The highest BCUT2D eigenvalue weighted by atomic mass is 16.5. The van der Waals surface area contributed by atoms with Crippen LogP contribution < -0.4 is 10.6 Å². The maximum atomic E-state index is 12.3. The van der Waals surface area contributed by atoms with E-state index >= 15 is 0 Å². The molecule has 6 nitrogen and oxygen atoms in total. The lowest BCUT2D eigenvalue weighted by Gasteiger charge is -2.34. The van der Waals surface area contributed by atoms with Crippen molar-refractivity contribution in [2.45, 2.75) is 56.9 Å². The van der Waals surface area contributed by atoms with E-state index in [2.05, 4.69) is 10.6 Å². The molecule has 2 amide bonds. The quantitative estimate of drug-likeness (QED) is 0.638. The molecule has 0 aromatic heterocycles. The zero-order valence-electron chi connectivity index (χ0n) is 15.6. The van der Waals surface area contributed by atoms with Crippen LogP contribution in [0, 0.1) is 5.92 Å². The van der Waals surface area contributed by atoms with E-state index < -0.39 is 12.2 Å². The van der Waals surface area contributed by atoms with Crippen LogP contribution in [0.4, 0.5) is 0 Å². The van der Waals surface area contributed by atoms with Gasteiger partial charge in [-0.1, -0.05) is 48.9 Å². The fraction of sp³-hybridized carbons (Fsp3) is 0.524. The lowest BCUT2D eigenvalue weighted by Crippen LogP contribution is -2.51. The molecule has 0 unspecified atom stereocenters. The van der Waals surface area contributed by atoms with Crippen molar-refractivity contribution < 1.29 is 19.4 Å². The van der Waals surface area contributed by atoms with Crippen molar-refractivity contribution in [3.8, 4) is 0 Å². The largest absolute Gasteiger partial charge is 0.394 e. The van der Waals surface area contributed by atoms with E-state index in [4.69, 9.17) is 4.74 Å². The monoisotopic (exact) mass is 372 g/mol. The Kier molecular flexibility index (Phi) is 6.63. The number of nitrogens with one attached hydrogen (secondary N) is 2. The molecule has 1 saturated carbocycles. The second-order valence-electron chi connectivity index (χ2n) is 7.35. The van der Waals surface area contributed by atoms with Crippen molar-refractivity contribution in [3.05, 3.63) is 48.0 Å². The van der Waals surface area contributed by atoms with Gasteiger partial charge < -0.3 is 20.5 Å². The molecule has 1 fully saturated rings. The van der Waals surface area contributed by atoms with Crippen LogP contribution in [0.1, 0.15) is 44.2 Å². The summed E-state index contributed by atoms with van der Waals surface area (Å²) in [6.07, 6.45) is 5.80. The Morgan fingerprint density at radius 1 is 1.22 bits per heavy atom. The molecule has 1 aromatic rings. The predicted molar refractivity (Wildman–Crippen MR) is 102 cm³/mol. The van der Waals surface area contributed by atoms with Crippen LogP contribution in [0.25, 0.3) is 0 Å². The Labute approximate surface area is 160 Å². The van der Waals surface area contributed by atoms with Gasteiger partial charge >= 0.3 is 0 Å². The number of hydrogen-bond donors (Lipinski definition) is 3. The molecule has 0 bridgehead atoms. The molecule has 3 rings (SSSR count). The number of carbonyl (C=O) groups excluding carboxylic acids is 2. The molecule has 2 aliphatic rings. The average molecular weight is 372 g/mol. The lowest BCUT2D eigenvalue weighted by atomic mass is 9.84. The fourth-order valence-electron chi connectivity index (χ4n) is 3.40. The standard InChI is InChI=1S/C21H28N2O4/c1-14(15-6-3-2-4-7-15)22-20(25)12-17-10-11-18(19(13-24)27-17)23-21(26)16-8-5-9-16/h2-4,6-7,10-11,14,16-19,24H,5,8-9,12-13H2,1H3,(H,22,25)(H,23,26)/t14-,17-,18+,19-/m0/s1. The summed E-state index contributed by atoms with van der Waals surface area (Å²) in [5.74, 6) is -0.0128. The average Bonchev–Trinajstić information content (AvgIpc) is 2.62. The minimum atomic E-state index is -0.539. The Morgan fingerprint density at radius 2 is 1.96 bits per heavy atom. The number of aliphatic hydroxyl groups is 1. The third-order valence-electron chi connectivity index (χ3n) is 5.31. The number of rotatable bonds is 7. The number of amides is 2. The molecule has 4 atom stereocenters. The van der Waals surface area contributed by atoms with Crippen molar-refractivity contribution in [1.82, 2.24) is 10.6 Å². The SMILES string of the molecule is C[C@H](NC(=O)C[C@@H]1C=C[C@@H](NC(=O)C2CCC2)[C@H](CO)O1)c1ccccc1. The van der Waals surface area contributed by atoms with E-state index in [9.17, 15) is 14.7 Å². The third-order valence-corrected chi connectivity index (χ3v) is 5.31. The molecular weight excluding hydrogens is 344 g/mol. The first-order chi connectivity index (χ1) is 13.1. The van der Waals surface area contributed by atoms with E-state index in [0.29, 0.717) is 0 Å². The summed E-state index contributed by atoms with van der Waals surface area (Å²) >= 11 is 0. The summed E-state index contributed by atoms with van der Waals surface area (Å²) in [5.41, 5.74) is 1.04. The van der Waals surface area contributed by atoms with Gasteiger partial charge in [-0.3, -0.25) is 9.59 Å². The zero-order valence-corrected chi connectivity index (χ0v) is 15.6. The second-order valence-corrected chi connectivity index (χ2v) is 7.35. The highest BCUT2D eigenvalue weighted by molar-refractivity contribution is 5.80. The van der Waals surface area contributed by atoms with Gasteiger partial charge in [-0.25, -0.2) is 0 Å². The van der Waals surface area contributed by atoms with E-state index in [-0.39, 0.29) is 42.8 Å². The zero-order chi connectivity index (χ0) is 19.2. The first kappa shape index (κ1) is 19.6. The van der Waals surface area contributed by atoms with Gasteiger partial charge in [-0.05, 0) is 25.3 Å². The van der Waals surface area contributed by atoms with Crippen molar-refractivity contribution in [2.75, 3.05) is 6.61 Å². The molecule has 6 heteroatoms. The Hall–Kier alpha value is -2.18. The number of ether oxygens (including phenoxy) is 1. The first-order valence-corrected chi connectivity index (χ1v) is 9.66. The second kappa shape index (κ2) is 9.15. The summed E-state index contributed by atoms with van der Waals surface area (Å²) < 4.78 is 5.83. The van der Waals surface area contributed by atoms with E-state index in [0.717, 1.165) is 24.8 Å². The molecule has 1 aliphatic heterocycles. The summed E-state index contributed by atoms with van der Waals surface area (Å²) in [7, 11) is 0. The third kappa shape index (κ3) is 5.17. The van der Waals surface area contributed by atoms with Gasteiger partial charge in [-0.15, -0.1) is 0 Å². The smallest absolute Gasteiger partial charge is 0.223 e. The van der Waals surface area contributed by atoms with Crippen molar-refractivity contribution in [3.63, 3.8) is 0 Å². The van der Waals surface area contributed by atoms with Gasteiger partial charge in [0.15, 0.2) is 0 Å². The summed E-state index contributed by atoms with van der Waals surface area (Å²) in [6.45, 7) is 1.73. The normalized spacial score (nSPS) is 26.1. The van der Waals surface area contributed by atoms with E-state index in [1.807, 2.05) is 43.3 Å². The highest BCUT2D eigenvalue weighted by Crippen LogP contribution is 2.27. The molecular formula is C21H28N2O4. The van der Waals surface area contributed by atoms with Crippen LogP contribution >= 0.6 is 0 Å². The summed E-state index contributed by atoms with van der Waals surface area (Å²) in [5, 5.41) is 15.5. The minimum absolute atomic E-state index is 0.0193. The molecule has 1 heterocycles. The highest BCUT2D eigenvalue weighted by Gasteiger charge is 2.32. The van der Waals surface area contributed by atoms with Crippen molar-refractivity contribution >= 4 is 11.8 Å². The maximum Gasteiger partial charge on any atom is 0.223 e. The molecule has 1 aromatic carbocycles. The van der Waals surface area contributed by atoms with Gasteiger partial charge in [0.2, 0.25) is 11.8 Å². The van der Waals surface area contributed by atoms with Crippen LogP contribution in [-0.2, 0) is 14.3 Å². The summed E-state index contributed by atoms with van der Waals surface area (Å²) in [4.78, 5) is 24.5. The van der Waals surface area contributed by atoms with Gasteiger partial charge in [0.05, 0.1) is 31.2 Å². The molecule has 0 spiro atoms. The topological polar surface area (TPSA) is 87.7 Å². The maximum absolute atomic E-state index is 12.3. The molecule has 0 radical (unpaired) electrons. The first-order valence-electron chi connectivity index (χ1n) is 9.66. The van der Waals surface area contributed by atoms with Crippen molar-refractivity contribution in [1.29, 1.82) is 0 Å². The minimum Gasteiger partial charge on any atom is -0.394 e. The van der Waals surface area contributed by atoms with E-state index in [1.165, 1.54) is 0 Å². The lowest BCUT2D eigenvalue weighted by molar-refractivity contribution is -0.132. The van der Waals surface area contributed by atoms with Crippen LogP contribution in [0.5, 0.6) is 0 Å². The Bertz CT molecular complexity index is 672. The van der Waals surface area contributed by atoms with Gasteiger partial charge in [-0.2, -0.15) is 0 Å². The van der Waals surface area contributed by atoms with Crippen LogP contribution in [0.15, 0.2) is 42.5 Å². The molecule has 1 aliphatic carbocycles.